The maximum Gasteiger partial charge on any atom is 0.279 e. The number of para-hydroxylation sites is 1. The number of anilines is 1. The maximum absolute atomic E-state index is 13.9. The first kappa shape index (κ1) is 23.5. The minimum atomic E-state index is -1.06. The van der Waals surface area contributed by atoms with Crippen LogP contribution in [-0.2, 0) is 4.79 Å². The van der Waals surface area contributed by atoms with Gasteiger partial charge in [0.05, 0.1) is 23.6 Å². The molecule has 8 heteroatoms. The van der Waals surface area contributed by atoms with Gasteiger partial charge in [0.15, 0.2) is 0 Å². The van der Waals surface area contributed by atoms with Crippen molar-refractivity contribution in [3.05, 3.63) is 96.5 Å². The summed E-state index contributed by atoms with van der Waals surface area (Å²) in [5.74, 6) is -1.27. The SMILES string of the molecule is O=C(NC1CCCCC1)C(c1ccc(F)cc1)N(C(=O)c1cnccn1)c1cnc2ccccc2c1. The summed E-state index contributed by atoms with van der Waals surface area (Å²) in [6, 6.07) is 14.0. The van der Waals surface area contributed by atoms with E-state index in [0.29, 0.717) is 11.3 Å². The molecule has 2 heterocycles. The van der Waals surface area contributed by atoms with Crippen LogP contribution in [0.5, 0.6) is 0 Å². The third-order valence-corrected chi connectivity index (χ3v) is 6.50. The number of nitrogens with one attached hydrogen (secondary N) is 1. The minimum absolute atomic E-state index is 0.0254. The number of amides is 2. The molecule has 0 saturated heterocycles. The lowest BCUT2D eigenvalue weighted by molar-refractivity contribution is -0.123. The second-order valence-corrected chi connectivity index (χ2v) is 8.95. The molecule has 182 valence electrons. The van der Waals surface area contributed by atoms with E-state index in [9.17, 15) is 14.0 Å². The first-order valence-corrected chi connectivity index (χ1v) is 12.1. The van der Waals surface area contributed by atoms with Gasteiger partial charge in [0, 0.05) is 23.8 Å². The molecule has 0 spiro atoms. The molecule has 2 amide bonds. The van der Waals surface area contributed by atoms with Gasteiger partial charge in [-0.2, -0.15) is 0 Å². The van der Waals surface area contributed by atoms with Crippen molar-refractivity contribution in [3.63, 3.8) is 0 Å². The summed E-state index contributed by atoms with van der Waals surface area (Å²) in [7, 11) is 0. The largest absolute Gasteiger partial charge is 0.351 e. The van der Waals surface area contributed by atoms with Crippen LogP contribution >= 0.6 is 0 Å². The summed E-state index contributed by atoms with van der Waals surface area (Å²) in [5, 5.41) is 3.96. The number of benzene rings is 2. The van der Waals surface area contributed by atoms with Gasteiger partial charge in [-0.15, -0.1) is 0 Å². The van der Waals surface area contributed by atoms with Crippen LogP contribution in [0.15, 0.2) is 79.4 Å². The maximum atomic E-state index is 13.9. The summed E-state index contributed by atoms with van der Waals surface area (Å²) in [6.45, 7) is 0. The van der Waals surface area contributed by atoms with E-state index in [0.717, 1.165) is 43.0 Å². The number of halogens is 1. The molecule has 1 atom stereocenters. The van der Waals surface area contributed by atoms with Crippen LogP contribution in [0.1, 0.15) is 54.2 Å². The van der Waals surface area contributed by atoms with Gasteiger partial charge >= 0.3 is 0 Å². The Kier molecular flexibility index (Phi) is 6.93. The Morgan fingerprint density at radius 3 is 2.47 bits per heavy atom. The van der Waals surface area contributed by atoms with Crippen LogP contribution in [0, 0.1) is 5.82 Å². The van der Waals surface area contributed by atoms with Crippen molar-refractivity contribution < 1.29 is 14.0 Å². The number of carbonyl (C=O) groups is 2. The number of hydrogen-bond acceptors (Lipinski definition) is 5. The Morgan fingerprint density at radius 2 is 1.72 bits per heavy atom. The number of aromatic nitrogens is 3. The van der Waals surface area contributed by atoms with Crippen LogP contribution in [0.2, 0.25) is 0 Å². The van der Waals surface area contributed by atoms with Gasteiger partial charge in [-0.05, 0) is 42.7 Å². The molecule has 2 aromatic heterocycles. The topological polar surface area (TPSA) is 88.1 Å². The smallest absolute Gasteiger partial charge is 0.279 e. The van der Waals surface area contributed by atoms with Crippen molar-refractivity contribution in [2.45, 2.75) is 44.2 Å². The van der Waals surface area contributed by atoms with Crippen molar-refractivity contribution in [1.29, 1.82) is 0 Å². The van der Waals surface area contributed by atoms with Crippen molar-refractivity contribution in [3.8, 4) is 0 Å². The molecule has 0 aliphatic heterocycles. The third kappa shape index (κ3) is 5.07. The van der Waals surface area contributed by atoms with Crippen molar-refractivity contribution in [1.82, 2.24) is 20.3 Å². The first-order chi connectivity index (χ1) is 17.6. The quantitative estimate of drug-likeness (QED) is 0.417. The zero-order valence-corrected chi connectivity index (χ0v) is 19.7. The summed E-state index contributed by atoms with van der Waals surface area (Å²) in [4.78, 5) is 41.9. The predicted molar refractivity (Wildman–Crippen MR) is 135 cm³/mol. The van der Waals surface area contributed by atoms with E-state index in [1.807, 2.05) is 30.3 Å². The van der Waals surface area contributed by atoms with Crippen molar-refractivity contribution >= 4 is 28.4 Å². The Labute approximate surface area is 208 Å². The molecular formula is C28H26FN5O2. The van der Waals surface area contributed by atoms with Crippen molar-refractivity contribution in [2.24, 2.45) is 0 Å². The molecule has 1 N–H and O–H groups in total. The van der Waals surface area contributed by atoms with Gasteiger partial charge in [0.2, 0.25) is 5.91 Å². The molecule has 1 unspecified atom stereocenters. The van der Waals surface area contributed by atoms with Crippen molar-refractivity contribution in [2.75, 3.05) is 4.90 Å². The molecule has 1 aliphatic rings. The molecule has 7 nitrogen and oxygen atoms in total. The number of carbonyl (C=O) groups excluding carboxylic acids is 2. The third-order valence-electron chi connectivity index (χ3n) is 6.50. The molecule has 36 heavy (non-hydrogen) atoms. The highest BCUT2D eigenvalue weighted by Gasteiger charge is 2.35. The first-order valence-electron chi connectivity index (χ1n) is 12.1. The highest BCUT2D eigenvalue weighted by atomic mass is 19.1. The van der Waals surface area contributed by atoms with E-state index in [1.165, 1.54) is 47.8 Å². The van der Waals surface area contributed by atoms with E-state index in [2.05, 4.69) is 20.3 Å². The van der Waals surface area contributed by atoms with Gasteiger partial charge in [-0.3, -0.25) is 24.5 Å². The van der Waals surface area contributed by atoms with E-state index >= 15 is 0 Å². The summed E-state index contributed by atoms with van der Waals surface area (Å²) in [6.07, 6.45) is 10.9. The molecule has 5 rings (SSSR count). The Balaban J connectivity index is 1.63. The molecule has 4 aromatic rings. The summed E-state index contributed by atoms with van der Waals surface area (Å²) in [5.41, 5.74) is 1.76. The van der Waals surface area contributed by atoms with E-state index in [-0.39, 0.29) is 17.6 Å². The molecule has 0 bridgehead atoms. The molecular weight excluding hydrogens is 457 g/mol. The average Bonchev–Trinajstić information content (AvgIpc) is 2.93. The van der Waals surface area contributed by atoms with Gasteiger partial charge in [0.1, 0.15) is 17.6 Å². The molecule has 0 radical (unpaired) electrons. The molecule has 1 fully saturated rings. The summed E-state index contributed by atoms with van der Waals surface area (Å²) < 4.78 is 13.8. The fraction of sp³-hybridized carbons (Fsp3) is 0.250. The average molecular weight is 484 g/mol. The van der Waals surface area contributed by atoms with Crippen LogP contribution < -0.4 is 10.2 Å². The number of fused-ring (bicyclic) bond motifs is 1. The highest BCUT2D eigenvalue weighted by molar-refractivity contribution is 6.09. The van der Waals surface area contributed by atoms with Crippen LogP contribution in [0.4, 0.5) is 10.1 Å². The molecule has 1 saturated carbocycles. The number of hydrogen-bond donors (Lipinski definition) is 1. The fourth-order valence-electron chi connectivity index (χ4n) is 4.70. The standard InChI is InChI=1S/C28H26FN5O2/c29-21-12-10-19(11-13-21)26(27(35)33-22-7-2-1-3-8-22)34(28(36)25-18-30-14-15-31-25)23-16-20-6-4-5-9-24(20)32-17-23/h4-6,9-18,22,26H,1-3,7-8H2,(H,33,35). The molecule has 2 aromatic carbocycles. The Morgan fingerprint density at radius 1 is 0.944 bits per heavy atom. The van der Waals surface area contributed by atoms with Gasteiger partial charge in [0.25, 0.3) is 5.91 Å². The number of rotatable bonds is 6. The highest BCUT2D eigenvalue weighted by Crippen LogP contribution is 2.31. The summed E-state index contributed by atoms with van der Waals surface area (Å²) >= 11 is 0. The predicted octanol–water partition coefficient (Wildman–Crippen LogP) is 5.00. The molecule has 1 aliphatic carbocycles. The van der Waals surface area contributed by atoms with Gasteiger partial charge < -0.3 is 5.32 Å². The van der Waals surface area contributed by atoms with Crippen LogP contribution in [0.3, 0.4) is 0 Å². The second-order valence-electron chi connectivity index (χ2n) is 8.95. The monoisotopic (exact) mass is 483 g/mol. The van der Waals surface area contributed by atoms with Crippen LogP contribution in [-0.4, -0.2) is 32.8 Å². The Hall–Kier alpha value is -4.20. The zero-order valence-electron chi connectivity index (χ0n) is 19.7. The minimum Gasteiger partial charge on any atom is -0.351 e. The number of pyridine rings is 1. The van der Waals surface area contributed by atoms with Gasteiger partial charge in [-0.1, -0.05) is 49.6 Å². The van der Waals surface area contributed by atoms with E-state index in [1.54, 1.807) is 6.20 Å². The Bertz CT molecular complexity index is 1360. The lowest BCUT2D eigenvalue weighted by Gasteiger charge is -2.33. The fourth-order valence-corrected chi connectivity index (χ4v) is 4.70. The van der Waals surface area contributed by atoms with Crippen LogP contribution in [0.25, 0.3) is 10.9 Å². The lowest BCUT2D eigenvalue weighted by Crippen LogP contribution is -2.47. The second kappa shape index (κ2) is 10.6. The van der Waals surface area contributed by atoms with E-state index in [4.69, 9.17) is 0 Å². The lowest BCUT2D eigenvalue weighted by atomic mass is 9.94. The normalized spacial score (nSPS) is 14.8. The number of nitrogens with zero attached hydrogens (tertiary/aromatic N) is 4. The van der Waals surface area contributed by atoms with E-state index < -0.39 is 17.8 Å². The zero-order chi connectivity index (χ0) is 24.9. The van der Waals surface area contributed by atoms with Gasteiger partial charge in [-0.25, -0.2) is 9.37 Å².